The predicted molar refractivity (Wildman–Crippen MR) is 77.2 cm³/mol. The van der Waals surface area contributed by atoms with E-state index in [0.717, 1.165) is 11.8 Å². The Balaban J connectivity index is 2.89. The molecule has 1 heteroatoms. The van der Waals surface area contributed by atoms with Crippen molar-refractivity contribution in [1.82, 2.24) is 4.90 Å². The third-order valence-electron chi connectivity index (χ3n) is 4.79. The van der Waals surface area contributed by atoms with E-state index < -0.39 is 0 Å². The van der Waals surface area contributed by atoms with Crippen LogP contribution < -0.4 is 0 Å². The Hall–Kier alpha value is -0.0400. The quantitative estimate of drug-likeness (QED) is 0.689. The van der Waals surface area contributed by atoms with Crippen molar-refractivity contribution in [2.24, 2.45) is 22.7 Å². The first-order chi connectivity index (χ1) is 7.68. The second-order valence-corrected chi connectivity index (χ2v) is 7.85. The van der Waals surface area contributed by atoms with Crippen LogP contribution in [0.25, 0.3) is 0 Å². The zero-order valence-corrected chi connectivity index (χ0v) is 13.1. The van der Waals surface area contributed by atoms with E-state index in [-0.39, 0.29) is 0 Å². The fraction of sp³-hybridized carbons (Fsp3) is 1.00. The van der Waals surface area contributed by atoms with Gasteiger partial charge < -0.3 is 4.90 Å². The lowest BCUT2D eigenvalue weighted by molar-refractivity contribution is 0.0279. The van der Waals surface area contributed by atoms with Gasteiger partial charge in [0.15, 0.2) is 0 Å². The molecule has 0 bridgehead atoms. The molecule has 0 aliphatic carbocycles. The molecule has 1 saturated heterocycles. The van der Waals surface area contributed by atoms with Crippen LogP contribution in [-0.2, 0) is 0 Å². The number of hydrogen-bond acceptors (Lipinski definition) is 1. The summed E-state index contributed by atoms with van der Waals surface area (Å²) >= 11 is 0. The first kappa shape index (κ1) is 15.0. The molecule has 0 amide bonds. The van der Waals surface area contributed by atoms with Gasteiger partial charge in [-0.25, -0.2) is 0 Å². The standard InChI is InChI=1S/C16H33N/c1-8-13(2)14-9-10-17(7)12-15(3,4)11-16(14,5)6/h13-14H,8-12H2,1-7H3. The molecule has 1 rings (SSSR count). The largest absolute Gasteiger partial charge is 0.306 e. The van der Waals surface area contributed by atoms with Crippen LogP contribution in [0.15, 0.2) is 0 Å². The van der Waals surface area contributed by atoms with Gasteiger partial charge in [-0.3, -0.25) is 0 Å². The number of likely N-dealkylation sites (tertiary alicyclic amines) is 1. The van der Waals surface area contributed by atoms with Gasteiger partial charge in [0.25, 0.3) is 0 Å². The number of hydrogen-bond donors (Lipinski definition) is 0. The Morgan fingerprint density at radius 2 is 1.82 bits per heavy atom. The Morgan fingerprint density at radius 1 is 1.24 bits per heavy atom. The smallest absolute Gasteiger partial charge is 0.00298 e. The summed E-state index contributed by atoms with van der Waals surface area (Å²) < 4.78 is 0. The maximum Gasteiger partial charge on any atom is 0.00298 e. The van der Waals surface area contributed by atoms with Crippen molar-refractivity contribution >= 4 is 0 Å². The molecule has 102 valence electrons. The van der Waals surface area contributed by atoms with E-state index in [1.807, 2.05) is 0 Å². The first-order valence-electron chi connectivity index (χ1n) is 7.36. The molecule has 0 saturated carbocycles. The minimum absolute atomic E-state index is 0.449. The fourth-order valence-corrected chi connectivity index (χ4v) is 4.32. The molecule has 0 spiro atoms. The molecular formula is C16H33N. The molecule has 1 nitrogen and oxygen atoms in total. The number of nitrogens with zero attached hydrogens (tertiary/aromatic N) is 1. The molecule has 0 aromatic carbocycles. The van der Waals surface area contributed by atoms with Crippen LogP contribution in [0.1, 0.15) is 60.8 Å². The van der Waals surface area contributed by atoms with Crippen molar-refractivity contribution in [1.29, 1.82) is 0 Å². The second kappa shape index (κ2) is 5.30. The summed E-state index contributed by atoms with van der Waals surface area (Å²) in [6.07, 6.45) is 4.03. The molecule has 2 unspecified atom stereocenters. The van der Waals surface area contributed by atoms with Gasteiger partial charge in [0.1, 0.15) is 0 Å². The molecular weight excluding hydrogens is 206 g/mol. The summed E-state index contributed by atoms with van der Waals surface area (Å²) in [4.78, 5) is 2.53. The maximum atomic E-state index is 2.53. The van der Waals surface area contributed by atoms with Crippen molar-refractivity contribution in [3.05, 3.63) is 0 Å². The Bertz CT molecular complexity index is 242. The minimum Gasteiger partial charge on any atom is -0.306 e. The van der Waals surface area contributed by atoms with Crippen LogP contribution in [0.3, 0.4) is 0 Å². The van der Waals surface area contributed by atoms with E-state index in [4.69, 9.17) is 0 Å². The van der Waals surface area contributed by atoms with Crippen LogP contribution in [0.5, 0.6) is 0 Å². The van der Waals surface area contributed by atoms with Crippen molar-refractivity contribution in [2.45, 2.75) is 60.8 Å². The van der Waals surface area contributed by atoms with E-state index in [1.165, 1.54) is 32.4 Å². The van der Waals surface area contributed by atoms with Crippen molar-refractivity contribution in [3.8, 4) is 0 Å². The van der Waals surface area contributed by atoms with E-state index in [9.17, 15) is 0 Å². The van der Waals surface area contributed by atoms with E-state index in [0.29, 0.717) is 10.8 Å². The summed E-state index contributed by atoms with van der Waals surface area (Å²) in [6, 6.07) is 0. The molecule has 0 aromatic heterocycles. The van der Waals surface area contributed by atoms with Gasteiger partial charge in [0.05, 0.1) is 0 Å². The molecule has 0 N–H and O–H groups in total. The molecule has 1 fully saturated rings. The summed E-state index contributed by atoms with van der Waals surface area (Å²) in [5, 5.41) is 0. The van der Waals surface area contributed by atoms with Gasteiger partial charge in [-0.05, 0) is 49.1 Å². The zero-order chi connectivity index (χ0) is 13.3. The Labute approximate surface area is 109 Å². The monoisotopic (exact) mass is 239 g/mol. The summed E-state index contributed by atoms with van der Waals surface area (Å²) in [6.45, 7) is 17.2. The van der Waals surface area contributed by atoms with Crippen molar-refractivity contribution < 1.29 is 0 Å². The van der Waals surface area contributed by atoms with Crippen LogP contribution in [0.4, 0.5) is 0 Å². The zero-order valence-electron chi connectivity index (χ0n) is 13.1. The lowest BCUT2D eigenvalue weighted by Crippen LogP contribution is -2.43. The highest BCUT2D eigenvalue weighted by Crippen LogP contribution is 2.46. The highest BCUT2D eigenvalue weighted by atomic mass is 15.1. The van der Waals surface area contributed by atoms with Crippen LogP contribution in [-0.4, -0.2) is 25.0 Å². The minimum atomic E-state index is 0.449. The predicted octanol–water partition coefficient (Wildman–Crippen LogP) is 4.43. The normalized spacial score (nSPS) is 31.6. The molecule has 1 heterocycles. The maximum absolute atomic E-state index is 2.53. The molecule has 2 atom stereocenters. The second-order valence-electron chi connectivity index (χ2n) is 7.85. The molecule has 0 radical (unpaired) electrons. The summed E-state index contributed by atoms with van der Waals surface area (Å²) in [5.41, 5.74) is 0.935. The van der Waals surface area contributed by atoms with Gasteiger partial charge in [-0.2, -0.15) is 0 Å². The SMILES string of the molecule is CCC(C)C1CCN(C)CC(C)(C)CC1(C)C. The summed E-state index contributed by atoms with van der Waals surface area (Å²) in [5.74, 6) is 1.72. The molecule has 0 aromatic rings. The first-order valence-corrected chi connectivity index (χ1v) is 7.36. The van der Waals surface area contributed by atoms with E-state index >= 15 is 0 Å². The average molecular weight is 239 g/mol. The van der Waals surface area contributed by atoms with Gasteiger partial charge >= 0.3 is 0 Å². The third kappa shape index (κ3) is 3.98. The van der Waals surface area contributed by atoms with E-state index in [1.54, 1.807) is 0 Å². The van der Waals surface area contributed by atoms with Crippen LogP contribution in [0, 0.1) is 22.7 Å². The Kier molecular flexibility index (Phi) is 4.68. The third-order valence-corrected chi connectivity index (χ3v) is 4.79. The highest BCUT2D eigenvalue weighted by molar-refractivity contribution is 4.90. The fourth-order valence-electron chi connectivity index (χ4n) is 4.32. The molecule has 1 aliphatic rings. The molecule has 1 aliphatic heterocycles. The topological polar surface area (TPSA) is 3.24 Å². The van der Waals surface area contributed by atoms with Gasteiger partial charge in [-0.15, -0.1) is 0 Å². The van der Waals surface area contributed by atoms with Crippen LogP contribution in [0.2, 0.25) is 0 Å². The van der Waals surface area contributed by atoms with Crippen LogP contribution >= 0.6 is 0 Å². The van der Waals surface area contributed by atoms with Gasteiger partial charge in [0, 0.05) is 6.54 Å². The van der Waals surface area contributed by atoms with Crippen molar-refractivity contribution in [3.63, 3.8) is 0 Å². The lowest BCUT2D eigenvalue weighted by Gasteiger charge is -2.47. The summed E-state index contributed by atoms with van der Waals surface area (Å²) in [7, 11) is 2.29. The Morgan fingerprint density at radius 3 is 2.35 bits per heavy atom. The van der Waals surface area contributed by atoms with Crippen molar-refractivity contribution in [2.75, 3.05) is 20.1 Å². The van der Waals surface area contributed by atoms with Gasteiger partial charge in [-0.1, -0.05) is 48.0 Å². The van der Waals surface area contributed by atoms with Gasteiger partial charge in [0.2, 0.25) is 0 Å². The number of rotatable bonds is 2. The average Bonchev–Trinajstić information content (AvgIpc) is 2.12. The van der Waals surface area contributed by atoms with E-state index in [2.05, 4.69) is 53.5 Å². The highest BCUT2D eigenvalue weighted by Gasteiger charge is 2.39. The lowest BCUT2D eigenvalue weighted by atomic mass is 9.62. The molecule has 17 heavy (non-hydrogen) atoms.